The van der Waals surface area contributed by atoms with Gasteiger partial charge in [-0.05, 0) is 0 Å². The maximum absolute atomic E-state index is 8.00. The molecule has 0 bridgehead atoms. The molecule has 0 aliphatic carbocycles. The number of rotatable bonds is 0. The molecule has 1 atom stereocenters. The smallest absolute Gasteiger partial charge is 0.106 e. The second kappa shape index (κ2) is 49.4. The Bertz CT molecular complexity index is 8.00. The molecule has 0 radical (unpaired) electrons. The van der Waals surface area contributed by atoms with Gasteiger partial charge in [-0.1, -0.05) is 0 Å². The van der Waals surface area contributed by atoms with Gasteiger partial charge in [0.05, 0.1) is 0 Å². The molecule has 1 nitrogen and oxygen atoms in total. The Balaban J connectivity index is -0.00000000500. The van der Waals surface area contributed by atoms with Crippen LogP contribution in [-0.2, 0) is 25.2 Å². The van der Waals surface area contributed by atoms with Crippen molar-refractivity contribution in [2.45, 2.75) is 0 Å². The van der Waals surface area contributed by atoms with Gasteiger partial charge in [-0.25, -0.2) is 0 Å². The van der Waals surface area contributed by atoms with Crippen molar-refractivity contribution < 1.29 is 25.2 Å². The topological polar surface area (TPSA) is 17.1 Å². The molecular weight excluding hydrogens is 165 g/mol. The molecule has 0 aromatic heterocycles. The van der Waals surface area contributed by atoms with E-state index in [4.69, 9.17) is 4.79 Å². The summed E-state index contributed by atoms with van der Waals surface area (Å²) in [4.78, 5) is 8.00. The second-order valence-corrected chi connectivity index (χ2v) is 0. The maximum Gasteiger partial charge on any atom is 0.106 e. The van der Waals surface area contributed by atoms with Crippen LogP contribution in [0.5, 0.6) is 0 Å². The number of hydrogen-bond donors (Lipinski definition) is 0. The molecule has 1 unspecified atom stereocenters. The monoisotopic (exact) mass is 170 g/mol. The van der Waals surface area contributed by atoms with Crippen LogP contribution in [0, 0.1) is 0 Å². The van der Waals surface area contributed by atoms with Crippen LogP contribution < -0.4 is 0 Å². The van der Waals surface area contributed by atoms with E-state index in [-0.39, 0.29) is 30.3 Å². The maximum atomic E-state index is 8.00. The zero-order chi connectivity index (χ0) is 2.00. The molecule has 0 saturated heterocycles. The molecule has 0 aliphatic heterocycles. The zero-order valence-corrected chi connectivity index (χ0v) is 5.11. The predicted octanol–water partition coefficient (Wildman–Crippen LogP) is -0.129. The summed E-state index contributed by atoms with van der Waals surface area (Å²) in [6, 6.07) is 0. The van der Waals surface area contributed by atoms with Crippen molar-refractivity contribution in [3.05, 3.63) is 0 Å². The normalized spacial score (nSPS) is 1.00. The molecule has 30 valence electrons. The molecular formula is CH5OPPd. The van der Waals surface area contributed by atoms with Crippen LogP contribution in [0.15, 0.2) is 0 Å². The number of carbonyl (C=O) groups excluding carboxylic acids is 1. The average Bonchev–Trinajstić information content (AvgIpc) is 1.00. The van der Waals surface area contributed by atoms with Crippen LogP contribution in [0.1, 0.15) is 0 Å². The molecule has 0 saturated carbocycles. The molecule has 0 amide bonds. The summed E-state index contributed by atoms with van der Waals surface area (Å²) in [7, 11) is 0. The van der Waals surface area contributed by atoms with Gasteiger partial charge in [-0.15, -0.1) is 0 Å². The van der Waals surface area contributed by atoms with Crippen molar-refractivity contribution in [1.29, 1.82) is 0 Å². The summed E-state index contributed by atoms with van der Waals surface area (Å²) >= 11 is 0. The van der Waals surface area contributed by atoms with E-state index in [0.717, 1.165) is 0 Å². The Labute approximate surface area is 42.4 Å². The van der Waals surface area contributed by atoms with Gasteiger partial charge in [-0.3, -0.25) is 0 Å². The van der Waals surface area contributed by atoms with E-state index in [1.807, 2.05) is 6.79 Å². The molecule has 0 aliphatic rings. The number of hydrogen-bond acceptors (Lipinski definition) is 1. The SMILES string of the molecule is C=O.P.[Pd]. The van der Waals surface area contributed by atoms with E-state index in [1.165, 1.54) is 0 Å². The third-order valence-corrected chi connectivity index (χ3v) is 0. The van der Waals surface area contributed by atoms with Gasteiger partial charge in [0.2, 0.25) is 0 Å². The minimum Gasteiger partial charge on any atom is -0.307 e. The molecule has 0 N–H and O–H groups in total. The Morgan fingerprint density at radius 1 is 1.25 bits per heavy atom. The third kappa shape index (κ3) is 14.8. The minimum absolute atomic E-state index is 0. The van der Waals surface area contributed by atoms with E-state index >= 15 is 0 Å². The number of carbonyl (C=O) groups is 1. The Kier molecular flexibility index (Phi) is 268. The van der Waals surface area contributed by atoms with Gasteiger partial charge >= 0.3 is 0 Å². The minimum atomic E-state index is 0. The standard InChI is InChI=1S/CH2O.H3P.Pd/c1-2;;/h1H2;1H3;. The Hall–Kier alpha value is 0.762. The summed E-state index contributed by atoms with van der Waals surface area (Å²) < 4.78 is 0. The fraction of sp³-hybridized carbons (Fsp3) is 0. The van der Waals surface area contributed by atoms with Gasteiger partial charge in [0, 0.05) is 20.4 Å². The van der Waals surface area contributed by atoms with Crippen molar-refractivity contribution in [2.75, 3.05) is 0 Å². The second-order valence-electron chi connectivity index (χ2n) is 0. The van der Waals surface area contributed by atoms with Gasteiger partial charge in [-0.2, -0.15) is 9.90 Å². The third-order valence-electron chi connectivity index (χ3n) is 0. The van der Waals surface area contributed by atoms with Gasteiger partial charge in [0.15, 0.2) is 0 Å². The molecule has 3 heteroatoms. The van der Waals surface area contributed by atoms with Crippen LogP contribution in [-0.4, -0.2) is 6.79 Å². The summed E-state index contributed by atoms with van der Waals surface area (Å²) in [5, 5.41) is 0. The van der Waals surface area contributed by atoms with Gasteiger partial charge in [0.25, 0.3) is 0 Å². The molecule has 0 aromatic carbocycles. The van der Waals surface area contributed by atoms with Crippen LogP contribution in [0.2, 0.25) is 0 Å². The van der Waals surface area contributed by atoms with Crippen molar-refractivity contribution >= 4 is 16.7 Å². The molecule has 0 fully saturated rings. The molecule has 0 rings (SSSR count). The fourth-order valence-corrected chi connectivity index (χ4v) is 0. The molecule has 0 aromatic rings. The van der Waals surface area contributed by atoms with E-state index in [0.29, 0.717) is 0 Å². The summed E-state index contributed by atoms with van der Waals surface area (Å²) in [5.41, 5.74) is 0. The molecule has 4 heavy (non-hydrogen) atoms. The first kappa shape index (κ1) is 21.7. The van der Waals surface area contributed by atoms with Crippen molar-refractivity contribution in [3.8, 4) is 0 Å². The largest absolute Gasteiger partial charge is 0.307 e. The predicted molar refractivity (Wildman–Crippen MR) is 18.2 cm³/mol. The first-order valence-electron chi connectivity index (χ1n) is 0.289. The van der Waals surface area contributed by atoms with Crippen molar-refractivity contribution in [1.82, 2.24) is 0 Å². The quantitative estimate of drug-likeness (QED) is 0.366. The summed E-state index contributed by atoms with van der Waals surface area (Å²) in [6.45, 7) is 2.00. The first-order chi connectivity index (χ1) is 1.00. The Morgan fingerprint density at radius 2 is 1.25 bits per heavy atom. The summed E-state index contributed by atoms with van der Waals surface area (Å²) in [5.74, 6) is 0. The van der Waals surface area contributed by atoms with Crippen molar-refractivity contribution in [3.63, 3.8) is 0 Å². The van der Waals surface area contributed by atoms with Crippen LogP contribution in [0.25, 0.3) is 0 Å². The first-order valence-corrected chi connectivity index (χ1v) is 0.289. The average molecular weight is 170 g/mol. The van der Waals surface area contributed by atoms with Gasteiger partial charge < -0.3 is 4.79 Å². The van der Waals surface area contributed by atoms with Crippen LogP contribution >= 0.6 is 9.90 Å². The van der Waals surface area contributed by atoms with E-state index in [2.05, 4.69) is 0 Å². The van der Waals surface area contributed by atoms with Crippen molar-refractivity contribution in [2.24, 2.45) is 0 Å². The molecule has 0 spiro atoms. The molecule has 0 heterocycles. The van der Waals surface area contributed by atoms with Crippen LogP contribution in [0.3, 0.4) is 0 Å². The summed E-state index contributed by atoms with van der Waals surface area (Å²) in [6.07, 6.45) is 0. The van der Waals surface area contributed by atoms with E-state index in [9.17, 15) is 0 Å². The fourth-order valence-electron chi connectivity index (χ4n) is 0. The van der Waals surface area contributed by atoms with E-state index < -0.39 is 0 Å². The van der Waals surface area contributed by atoms with Crippen LogP contribution in [0.4, 0.5) is 0 Å². The Morgan fingerprint density at radius 3 is 1.25 bits per heavy atom. The zero-order valence-electron chi connectivity index (χ0n) is 2.14. The van der Waals surface area contributed by atoms with E-state index in [1.54, 1.807) is 0 Å². The van der Waals surface area contributed by atoms with Gasteiger partial charge in [0.1, 0.15) is 6.79 Å².